The molecule has 2 nitrogen and oxygen atoms in total. The van der Waals surface area contributed by atoms with Crippen molar-refractivity contribution in [2.45, 2.75) is 32.1 Å². The van der Waals surface area contributed by atoms with Gasteiger partial charge in [0.05, 0.1) is 0 Å². The highest BCUT2D eigenvalue weighted by atomic mass is 16.2. The molecule has 0 aliphatic heterocycles. The maximum absolute atomic E-state index is 11.8. The molecule has 0 aromatic heterocycles. The summed E-state index contributed by atoms with van der Waals surface area (Å²) < 4.78 is 0. The summed E-state index contributed by atoms with van der Waals surface area (Å²) in [6.45, 7) is 0. The molecule has 0 atom stereocenters. The van der Waals surface area contributed by atoms with Gasteiger partial charge in [-0.3, -0.25) is 9.59 Å². The molecule has 1 fully saturated rings. The molecule has 1 aliphatic carbocycles. The van der Waals surface area contributed by atoms with Crippen LogP contribution < -0.4 is 0 Å². The third kappa shape index (κ3) is 3.30. The zero-order chi connectivity index (χ0) is 12.8. The summed E-state index contributed by atoms with van der Waals surface area (Å²) in [6.07, 6.45) is 5.73. The van der Waals surface area contributed by atoms with Gasteiger partial charge in [-0.1, -0.05) is 55.5 Å². The van der Waals surface area contributed by atoms with Crippen LogP contribution in [0.4, 0.5) is 0 Å². The number of carbonyl (C=O) groups is 2. The summed E-state index contributed by atoms with van der Waals surface area (Å²) >= 11 is 0. The lowest BCUT2D eigenvalue weighted by atomic mass is 9.89. The average Bonchev–Trinajstić information content (AvgIpc) is 2.46. The topological polar surface area (TPSA) is 34.1 Å². The number of ketones is 2. The molecule has 1 aromatic carbocycles. The van der Waals surface area contributed by atoms with E-state index in [0.29, 0.717) is 11.5 Å². The Kier molecular flexibility index (Phi) is 4.30. The van der Waals surface area contributed by atoms with Crippen LogP contribution in [0.5, 0.6) is 0 Å². The summed E-state index contributed by atoms with van der Waals surface area (Å²) in [5.74, 6) is 4.67. The van der Waals surface area contributed by atoms with Crippen LogP contribution >= 0.6 is 0 Å². The summed E-state index contributed by atoms with van der Waals surface area (Å²) in [4.78, 5) is 23.4. The lowest BCUT2D eigenvalue weighted by molar-refractivity contribution is -0.110. The number of hydrogen-bond donors (Lipinski definition) is 0. The van der Waals surface area contributed by atoms with Gasteiger partial charge >= 0.3 is 0 Å². The molecule has 2 heteroatoms. The molecule has 0 N–H and O–H groups in total. The highest BCUT2D eigenvalue weighted by Crippen LogP contribution is 2.22. The number of carbonyl (C=O) groups excluding carboxylic acids is 2. The number of hydrogen-bond acceptors (Lipinski definition) is 2. The van der Waals surface area contributed by atoms with E-state index < -0.39 is 11.6 Å². The van der Waals surface area contributed by atoms with Gasteiger partial charge in [-0.25, -0.2) is 0 Å². The maximum Gasteiger partial charge on any atom is 0.276 e. The van der Waals surface area contributed by atoms with Gasteiger partial charge in [-0.2, -0.15) is 0 Å². The molecule has 92 valence electrons. The third-order valence-electron chi connectivity index (χ3n) is 3.24. The molecule has 0 saturated heterocycles. The Labute approximate surface area is 107 Å². The van der Waals surface area contributed by atoms with Crippen LogP contribution in [-0.4, -0.2) is 11.6 Å². The van der Waals surface area contributed by atoms with E-state index in [1.165, 1.54) is 19.3 Å². The van der Waals surface area contributed by atoms with E-state index in [2.05, 4.69) is 11.8 Å². The van der Waals surface area contributed by atoms with E-state index in [9.17, 15) is 9.59 Å². The van der Waals surface area contributed by atoms with Crippen molar-refractivity contribution in [2.75, 3.05) is 0 Å². The minimum absolute atomic E-state index is 0.297. The van der Waals surface area contributed by atoms with Crippen LogP contribution in [0.3, 0.4) is 0 Å². The second-order valence-corrected chi connectivity index (χ2v) is 4.63. The molecule has 1 aromatic rings. The molecule has 0 radical (unpaired) electrons. The van der Waals surface area contributed by atoms with E-state index in [1.807, 2.05) is 6.07 Å². The van der Waals surface area contributed by atoms with E-state index in [-0.39, 0.29) is 0 Å². The van der Waals surface area contributed by atoms with Crippen molar-refractivity contribution in [1.82, 2.24) is 0 Å². The SMILES string of the molecule is O=C(C#CC1CCCCC1)C(=O)c1ccccc1. The van der Waals surface area contributed by atoms with Gasteiger partial charge in [0.2, 0.25) is 5.78 Å². The van der Waals surface area contributed by atoms with Crippen LogP contribution in [0.25, 0.3) is 0 Å². The van der Waals surface area contributed by atoms with Crippen molar-refractivity contribution in [3.63, 3.8) is 0 Å². The first-order valence-corrected chi connectivity index (χ1v) is 6.42. The lowest BCUT2D eigenvalue weighted by Gasteiger charge is -2.15. The molecule has 0 bridgehead atoms. The Morgan fingerprint density at radius 1 is 1.00 bits per heavy atom. The van der Waals surface area contributed by atoms with Crippen LogP contribution in [0.2, 0.25) is 0 Å². The predicted octanol–water partition coefficient (Wildman–Crippen LogP) is 3.02. The number of rotatable bonds is 2. The van der Waals surface area contributed by atoms with E-state index in [4.69, 9.17) is 0 Å². The average molecular weight is 240 g/mol. The normalized spacial score (nSPS) is 15.6. The summed E-state index contributed by atoms with van der Waals surface area (Å²) in [5, 5.41) is 0. The Bertz CT molecular complexity index is 485. The monoisotopic (exact) mass is 240 g/mol. The molecular weight excluding hydrogens is 224 g/mol. The summed E-state index contributed by atoms with van der Waals surface area (Å²) in [5.41, 5.74) is 0.417. The lowest BCUT2D eigenvalue weighted by Crippen LogP contribution is -2.12. The Morgan fingerprint density at radius 3 is 2.33 bits per heavy atom. The molecule has 1 aliphatic rings. The number of Topliss-reactive ketones (excluding diaryl/α,β-unsaturated/α-hetero) is 2. The first-order valence-electron chi connectivity index (χ1n) is 6.42. The molecule has 0 unspecified atom stereocenters. The molecule has 2 rings (SSSR count). The smallest absolute Gasteiger partial charge is 0.276 e. The third-order valence-corrected chi connectivity index (χ3v) is 3.24. The zero-order valence-electron chi connectivity index (χ0n) is 10.3. The quantitative estimate of drug-likeness (QED) is 0.344. The highest BCUT2D eigenvalue weighted by molar-refractivity contribution is 6.49. The van der Waals surface area contributed by atoms with Crippen molar-refractivity contribution in [3.8, 4) is 11.8 Å². The number of benzene rings is 1. The second kappa shape index (κ2) is 6.16. The first kappa shape index (κ1) is 12.6. The van der Waals surface area contributed by atoms with Crippen molar-refractivity contribution in [1.29, 1.82) is 0 Å². The minimum Gasteiger partial charge on any atom is -0.284 e. The van der Waals surface area contributed by atoms with Gasteiger partial charge < -0.3 is 0 Å². The Morgan fingerprint density at radius 2 is 1.67 bits per heavy atom. The van der Waals surface area contributed by atoms with Crippen molar-refractivity contribution < 1.29 is 9.59 Å². The molecule has 0 heterocycles. The van der Waals surface area contributed by atoms with Crippen LogP contribution in [-0.2, 0) is 4.79 Å². The van der Waals surface area contributed by atoms with Gasteiger partial charge in [0.1, 0.15) is 0 Å². The fourth-order valence-electron chi connectivity index (χ4n) is 2.19. The molecule has 1 saturated carbocycles. The summed E-state index contributed by atoms with van der Waals surface area (Å²) in [6, 6.07) is 8.59. The fourth-order valence-corrected chi connectivity index (χ4v) is 2.19. The largest absolute Gasteiger partial charge is 0.284 e. The summed E-state index contributed by atoms with van der Waals surface area (Å²) in [7, 11) is 0. The van der Waals surface area contributed by atoms with Gasteiger partial charge in [0.25, 0.3) is 5.78 Å². The van der Waals surface area contributed by atoms with Crippen LogP contribution in [0, 0.1) is 17.8 Å². The molecule has 18 heavy (non-hydrogen) atoms. The van der Waals surface area contributed by atoms with Crippen molar-refractivity contribution >= 4 is 11.6 Å². The van der Waals surface area contributed by atoms with E-state index >= 15 is 0 Å². The van der Waals surface area contributed by atoms with E-state index in [1.54, 1.807) is 24.3 Å². The first-order chi connectivity index (χ1) is 8.77. The maximum atomic E-state index is 11.8. The van der Waals surface area contributed by atoms with Gasteiger partial charge in [0, 0.05) is 11.5 Å². The van der Waals surface area contributed by atoms with Crippen LogP contribution in [0.1, 0.15) is 42.5 Å². The zero-order valence-corrected chi connectivity index (χ0v) is 10.3. The Hall–Kier alpha value is -1.88. The minimum atomic E-state index is -0.591. The van der Waals surface area contributed by atoms with Crippen LogP contribution in [0.15, 0.2) is 30.3 Å². The predicted molar refractivity (Wildman–Crippen MR) is 70.1 cm³/mol. The molecule has 0 amide bonds. The Balaban J connectivity index is 2.00. The van der Waals surface area contributed by atoms with Gasteiger partial charge in [-0.05, 0) is 18.8 Å². The molecule has 0 spiro atoms. The van der Waals surface area contributed by atoms with Gasteiger partial charge in [0.15, 0.2) is 0 Å². The van der Waals surface area contributed by atoms with Crippen molar-refractivity contribution in [3.05, 3.63) is 35.9 Å². The van der Waals surface area contributed by atoms with E-state index in [0.717, 1.165) is 12.8 Å². The van der Waals surface area contributed by atoms with Crippen molar-refractivity contribution in [2.24, 2.45) is 5.92 Å². The van der Waals surface area contributed by atoms with Gasteiger partial charge in [-0.15, -0.1) is 0 Å². The standard InChI is InChI=1S/C16H16O2/c17-15(12-11-13-7-3-1-4-8-13)16(18)14-9-5-2-6-10-14/h2,5-6,9-10,13H,1,3-4,7-8H2. The second-order valence-electron chi connectivity index (χ2n) is 4.63. The fraction of sp³-hybridized carbons (Fsp3) is 0.375. The molecular formula is C16H16O2. The highest BCUT2D eigenvalue weighted by Gasteiger charge is 2.14.